The number of hydrogen-bond acceptors (Lipinski definition) is 3. The highest BCUT2D eigenvalue weighted by Crippen LogP contribution is 2.16. The number of nitrogens with one attached hydrogen (secondary N) is 1. The summed E-state index contributed by atoms with van der Waals surface area (Å²) in [5.41, 5.74) is 2.23. The molecular weight excluding hydrogens is 294 g/mol. The average Bonchev–Trinajstić information content (AvgIpc) is 2.58. The summed E-state index contributed by atoms with van der Waals surface area (Å²) in [5.74, 6) is 0.470. The van der Waals surface area contributed by atoms with Gasteiger partial charge in [-0.1, -0.05) is 42.5 Å². The van der Waals surface area contributed by atoms with Gasteiger partial charge in [0, 0.05) is 18.0 Å². The lowest BCUT2D eigenvalue weighted by Gasteiger charge is -2.10. The highest BCUT2D eigenvalue weighted by atomic mass is 32.2. The van der Waals surface area contributed by atoms with Crippen LogP contribution in [0.3, 0.4) is 0 Å². The standard InChI is InChI=1S/C18H21NO2S/c1-2-21-13-16-9-7-6-8-15(16)12-19-18(20)14-22-17-10-4-3-5-11-17/h3-11H,2,12-14H2,1H3,(H,19,20). The molecular formula is C18H21NO2S. The van der Waals surface area contributed by atoms with Gasteiger partial charge in [0.25, 0.3) is 0 Å². The Morgan fingerprint density at radius 1 is 1.05 bits per heavy atom. The molecule has 0 heterocycles. The third-order valence-electron chi connectivity index (χ3n) is 3.17. The fraction of sp³-hybridized carbons (Fsp3) is 0.278. The Morgan fingerprint density at radius 3 is 2.45 bits per heavy atom. The summed E-state index contributed by atoms with van der Waals surface area (Å²) < 4.78 is 5.46. The van der Waals surface area contributed by atoms with Gasteiger partial charge in [-0.3, -0.25) is 4.79 Å². The van der Waals surface area contributed by atoms with Crippen molar-refractivity contribution in [2.75, 3.05) is 12.4 Å². The Kier molecular flexibility index (Phi) is 7.00. The molecule has 0 spiro atoms. The largest absolute Gasteiger partial charge is 0.377 e. The van der Waals surface area contributed by atoms with Crippen molar-refractivity contribution in [3.8, 4) is 0 Å². The molecule has 0 unspecified atom stereocenters. The maximum atomic E-state index is 12.0. The van der Waals surface area contributed by atoms with Crippen molar-refractivity contribution in [2.24, 2.45) is 0 Å². The minimum absolute atomic E-state index is 0.0417. The van der Waals surface area contributed by atoms with Crippen LogP contribution in [0.5, 0.6) is 0 Å². The zero-order valence-corrected chi connectivity index (χ0v) is 13.6. The van der Waals surface area contributed by atoms with E-state index in [0.717, 1.165) is 16.0 Å². The summed E-state index contributed by atoms with van der Waals surface area (Å²) in [4.78, 5) is 13.1. The number of rotatable bonds is 8. The lowest BCUT2D eigenvalue weighted by molar-refractivity contribution is -0.118. The molecule has 0 aliphatic carbocycles. The highest BCUT2D eigenvalue weighted by Gasteiger charge is 2.05. The zero-order chi connectivity index (χ0) is 15.6. The van der Waals surface area contributed by atoms with Gasteiger partial charge in [0.1, 0.15) is 0 Å². The minimum Gasteiger partial charge on any atom is -0.377 e. The molecule has 0 aromatic heterocycles. The molecule has 0 saturated carbocycles. The smallest absolute Gasteiger partial charge is 0.230 e. The summed E-state index contributed by atoms with van der Waals surface area (Å²) in [6.07, 6.45) is 0. The normalized spacial score (nSPS) is 10.4. The van der Waals surface area contributed by atoms with E-state index in [2.05, 4.69) is 5.32 Å². The molecule has 2 rings (SSSR count). The van der Waals surface area contributed by atoms with Crippen molar-refractivity contribution in [1.29, 1.82) is 0 Å². The van der Waals surface area contributed by atoms with E-state index in [0.29, 0.717) is 25.5 Å². The van der Waals surface area contributed by atoms with Crippen LogP contribution in [-0.4, -0.2) is 18.3 Å². The van der Waals surface area contributed by atoms with Crippen LogP contribution in [0.2, 0.25) is 0 Å². The molecule has 1 N–H and O–H groups in total. The maximum absolute atomic E-state index is 12.0. The quantitative estimate of drug-likeness (QED) is 0.756. The molecule has 2 aromatic carbocycles. The first-order chi connectivity index (χ1) is 10.8. The second-order valence-electron chi connectivity index (χ2n) is 4.78. The van der Waals surface area contributed by atoms with Gasteiger partial charge in [-0.2, -0.15) is 0 Å². The average molecular weight is 315 g/mol. The van der Waals surface area contributed by atoms with Crippen molar-refractivity contribution >= 4 is 17.7 Å². The maximum Gasteiger partial charge on any atom is 0.230 e. The van der Waals surface area contributed by atoms with Crippen LogP contribution >= 0.6 is 11.8 Å². The van der Waals surface area contributed by atoms with Gasteiger partial charge in [0.15, 0.2) is 0 Å². The van der Waals surface area contributed by atoms with E-state index in [-0.39, 0.29) is 5.91 Å². The Balaban J connectivity index is 1.81. The van der Waals surface area contributed by atoms with E-state index in [1.807, 2.05) is 61.5 Å². The topological polar surface area (TPSA) is 38.3 Å². The minimum atomic E-state index is 0.0417. The second kappa shape index (κ2) is 9.28. The van der Waals surface area contributed by atoms with Crippen molar-refractivity contribution in [2.45, 2.75) is 25.0 Å². The van der Waals surface area contributed by atoms with E-state index >= 15 is 0 Å². The first-order valence-electron chi connectivity index (χ1n) is 7.38. The number of hydrogen-bond donors (Lipinski definition) is 1. The number of carbonyl (C=O) groups excluding carboxylic acids is 1. The van der Waals surface area contributed by atoms with Crippen molar-refractivity contribution in [3.63, 3.8) is 0 Å². The molecule has 0 aliphatic rings. The van der Waals surface area contributed by atoms with Gasteiger partial charge in [0.05, 0.1) is 12.4 Å². The first-order valence-corrected chi connectivity index (χ1v) is 8.37. The zero-order valence-electron chi connectivity index (χ0n) is 12.7. The highest BCUT2D eigenvalue weighted by molar-refractivity contribution is 8.00. The molecule has 0 aliphatic heterocycles. The lowest BCUT2D eigenvalue weighted by Crippen LogP contribution is -2.25. The molecule has 2 aromatic rings. The Labute approximate surface area is 136 Å². The second-order valence-corrected chi connectivity index (χ2v) is 5.83. The van der Waals surface area contributed by atoms with E-state index in [4.69, 9.17) is 4.74 Å². The van der Waals surface area contributed by atoms with Gasteiger partial charge in [0.2, 0.25) is 5.91 Å². The monoisotopic (exact) mass is 315 g/mol. The van der Waals surface area contributed by atoms with Crippen LogP contribution in [0.25, 0.3) is 0 Å². The van der Waals surface area contributed by atoms with Crippen LogP contribution in [0.4, 0.5) is 0 Å². The first kappa shape index (κ1) is 16.6. The molecule has 0 saturated heterocycles. The molecule has 3 nitrogen and oxygen atoms in total. The van der Waals surface area contributed by atoms with Crippen LogP contribution in [0.1, 0.15) is 18.1 Å². The predicted molar refractivity (Wildman–Crippen MR) is 90.8 cm³/mol. The number of carbonyl (C=O) groups is 1. The molecule has 0 radical (unpaired) electrons. The number of thioether (sulfide) groups is 1. The molecule has 1 amide bonds. The van der Waals surface area contributed by atoms with Gasteiger partial charge in [-0.25, -0.2) is 0 Å². The Hall–Kier alpha value is -1.78. The summed E-state index contributed by atoms with van der Waals surface area (Å²) >= 11 is 1.55. The summed E-state index contributed by atoms with van der Waals surface area (Å²) in [7, 11) is 0. The predicted octanol–water partition coefficient (Wildman–Crippen LogP) is 3.63. The third-order valence-corrected chi connectivity index (χ3v) is 4.18. The van der Waals surface area contributed by atoms with Gasteiger partial charge in [-0.15, -0.1) is 11.8 Å². The fourth-order valence-electron chi connectivity index (χ4n) is 1.99. The van der Waals surface area contributed by atoms with Crippen LogP contribution in [0.15, 0.2) is 59.5 Å². The van der Waals surface area contributed by atoms with Crippen molar-refractivity contribution in [3.05, 3.63) is 65.7 Å². The SMILES string of the molecule is CCOCc1ccccc1CNC(=O)CSc1ccccc1. The molecule has 0 fully saturated rings. The van der Waals surface area contributed by atoms with Gasteiger partial charge < -0.3 is 10.1 Å². The summed E-state index contributed by atoms with van der Waals surface area (Å²) in [5, 5.41) is 2.97. The van der Waals surface area contributed by atoms with E-state index in [1.165, 1.54) is 0 Å². The van der Waals surface area contributed by atoms with Gasteiger partial charge >= 0.3 is 0 Å². The number of benzene rings is 2. The number of ether oxygens (including phenoxy) is 1. The van der Waals surface area contributed by atoms with E-state index in [1.54, 1.807) is 11.8 Å². The van der Waals surface area contributed by atoms with Gasteiger partial charge in [-0.05, 0) is 30.2 Å². The molecule has 0 atom stereocenters. The number of amides is 1. The molecule has 4 heteroatoms. The van der Waals surface area contributed by atoms with E-state index in [9.17, 15) is 4.79 Å². The van der Waals surface area contributed by atoms with Crippen LogP contribution in [-0.2, 0) is 22.7 Å². The Morgan fingerprint density at radius 2 is 1.73 bits per heavy atom. The lowest BCUT2D eigenvalue weighted by atomic mass is 10.1. The molecule has 0 bridgehead atoms. The van der Waals surface area contributed by atoms with E-state index < -0.39 is 0 Å². The third kappa shape index (κ3) is 5.54. The molecule has 116 valence electrons. The Bertz CT molecular complexity index is 587. The van der Waals surface area contributed by atoms with Crippen molar-refractivity contribution < 1.29 is 9.53 Å². The van der Waals surface area contributed by atoms with Crippen LogP contribution < -0.4 is 5.32 Å². The molecule has 22 heavy (non-hydrogen) atoms. The van der Waals surface area contributed by atoms with Crippen LogP contribution in [0, 0.1) is 0 Å². The fourth-order valence-corrected chi connectivity index (χ4v) is 2.74. The summed E-state index contributed by atoms with van der Waals surface area (Å²) in [6, 6.07) is 18.0. The van der Waals surface area contributed by atoms with Crippen molar-refractivity contribution in [1.82, 2.24) is 5.32 Å². The summed E-state index contributed by atoms with van der Waals surface area (Å²) in [6.45, 7) is 3.79.